The number of nitrogens with one attached hydrogen (secondary N) is 1. The lowest BCUT2D eigenvalue weighted by Gasteiger charge is -2.33. The van der Waals surface area contributed by atoms with E-state index in [-0.39, 0.29) is 5.82 Å². The van der Waals surface area contributed by atoms with E-state index in [4.69, 9.17) is 0 Å². The minimum absolute atomic E-state index is 0.165. The number of hydrogen-bond donors (Lipinski definition) is 1. The highest BCUT2D eigenvalue weighted by Gasteiger charge is 2.19. The van der Waals surface area contributed by atoms with Crippen LogP contribution in [0.1, 0.15) is 18.5 Å². The molecule has 0 aromatic heterocycles. The predicted molar refractivity (Wildman–Crippen MR) is 59.3 cm³/mol. The molecule has 1 aliphatic heterocycles. The van der Waals surface area contributed by atoms with Crippen molar-refractivity contribution in [2.75, 3.05) is 26.2 Å². The number of halogens is 1. The first-order valence-corrected chi connectivity index (χ1v) is 5.51. The zero-order chi connectivity index (χ0) is 10.7. The Bertz CT molecular complexity index is 310. The predicted octanol–water partition coefficient (Wildman–Crippen LogP) is 1.79. The van der Waals surface area contributed by atoms with Gasteiger partial charge in [0.1, 0.15) is 5.82 Å². The van der Waals surface area contributed by atoms with Crippen LogP contribution in [0.3, 0.4) is 0 Å². The van der Waals surface area contributed by atoms with Crippen molar-refractivity contribution < 1.29 is 4.39 Å². The Morgan fingerprint density at radius 3 is 2.80 bits per heavy atom. The first kappa shape index (κ1) is 10.6. The van der Waals surface area contributed by atoms with Gasteiger partial charge in [-0.25, -0.2) is 4.39 Å². The molecule has 2 rings (SSSR count). The van der Waals surface area contributed by atoms with Crippen molar-refractivity contribution in [1.29, 1.82) is 0 Å². The molecule has 1 aromatic rings. The second kappa shape index (κ2) is 4.73. The van der Waals surface area contributed by atoms with Gasteiger partial charge < -0.3 is 10.2 Å². The van der Waals surface area contributed by atoms with E-state index in [1.54, 1.807) is 0 Å². The van der Waals surface area contributed by atoms with Crippen molar-refractivity contribution in [3.8, 4) is 0 Å². The highest BCUT2D eigenvalue weighted by molar-refractivity contribution is 5.20. The van der Waals surface area contributed by atoms with Crippen molar-refractivity contribution in [3.05, 3.63) is 35.6 Å². The third kappa shape index (κ3) is 2.55. The van der Waals surface area contributed by atoms with Crippen LogP contribution in [-0.2, 0) is 0 Å². The Balaban J connectivity index is 2.06. The first-order chi connectivity index (χ1) is 7.29. The summed E-state index contributed by atoms with van der Waals surface area (Å²) in [5.41, 5.74) is 1.18. The summed E-state index contributed by atoms with van der Waals surface area (Å²) < 4.78 is 12.8. The van der Waals surface area contributed by atoms with E-state index < -0.39 is 0 Å². The van der Waals surface area contributed by atoms with Crippen LogP contribution < -0.4 is 5.32 Å². The number of hydrogen-bond acceptors (Lipinski definition) is 2. The molecule has 1 saturated heterocycles. The largest absolute Gasteiger partial charge is 0.308 e. The average Bonchev–Trinajstić information content (AvgIpc) is 2.30. The van der Waals surface area contributed by atoms with E-state index in [9.17, 15) is 4.39 Å². The molecular formula is C12H17FN2. The van der Waals surface area contributed by atoms with Crippen molar-refractivity contribution in [3.63, 3.8) is 0 Å². The molecule has 0 amide bonds. The van der Waals surface area contributed by atoms with Crippen molar-refractivity contribution in [2.45, 2.75) is 13.0 Å². The molecule has 3 heteroatoms. The van der Waals surface area contributed by atoms with E-state index in [0.29, 0.717) is 6.04 Å². The molecule has 1 N–H and O–H groups in total. The number of benzene rings is 1. The van der Waals surface area contributed by atoms with E-state index in [2.05, 4.69) is 17.1 Å². The van der Waals surface area contributed by atoms with Gasteiger partial charge in [-0.05, 0) is 24.2 Å². The molecule has 82 valence electrons. The van der Waals surface area contributed by atoms with Gasteiger partial charge in [-0.2, -0.15) is 0 Å². The molecule has 0 bridgehead atoms. The molecule has 2 nitrogen and oxygen atoms in total. The van der Waals surface area contributed by atoms with Crippen molar-refractivity contribution in [2.24, 2.45) is 0 Å². The topological polar surface area (TPSA) is 15.3 Å². The monoisotopic (exact) mass is 208 g/mol. The summed E-state index contributed by atoms with van der Waals surface area (Å²) in [6, 6.07) is 7.14. The summed E-state index contributed by atoms with van der Waals surface area (Å²) in [6.45, 7) is 6.39. The summed E-state index contributed by atoms with van der Waals surface area (Å²) in [5.74, 6) is -0.165. The molecule has 1 aliphatic rings. The molecule has 0 unspecified atom stereocenters. The van der Waals surface area contributed by atoms with Gasteiger partial charge in [-0.1, -0.05) is 19.1 Å². The Morgan fingerprint density at radius 2 is 2.13 bits per heavy atom. The van der Waals surface area contributed by atoms with Crippen LogP contribution >= 0.6 is 0 Å². The number of rotatable bonds is 2. The molecule has 15 heavy (non-hydrogen) atoms. The van der Waals surface area contributed by atoms with Gasteiger partial charge >= 0.3 is 0 Å². The lowest BCUT2D eigenvalue weighted by atomic mass is 10.0. The second-order valence-electron chi connectivity index (χ2n) is 3.95. The fourth-order valence-corrected chi connectivity index (χ4v) is 2.02. The Kier molecular flexibility index (Phi) is 3.34. The molecule has 1 aromatic carbocycles. The fraction of sp³-hybridized carbons (Fsp3) is 0.500. The van der Waals surface area contributed by atoms with Crippen LogP contribution in [0.2, 0.25) is 0 Å². The second-order valence-corrected chi connectivity index (χ2v) is 3.95. The molecule has 1 fully saturated rings. The Labute approximate surface area is 90.1 Å². The SMILES string of the molecule is CCN1CCN[C@H](c2ccc(F)cc2)C1. The normalized spacial score (nSPS) is 22.9. The molecule has 0 aliphatic carbocycles. The highest BCUT2D eigenvalue weighted by atomic mass is 19.1. The molecular weight excluding hydrogens is 191 g/mol. The maximum Gasteiger partial charge on any atom is 0.123 e. The van der Waals surface area contributed by atoms with Gasteiger partial charge in [0.05, 0.1) is 0 Å². The van der Waals surface area contributed by atoms with Gasteiger partial charge in [0.2, 0.25) is 0 Å². The van der Waals surface area contributed by atoms with E-state index in [1.807, 2.05) is 12.1 Å². The van der Waals surface area contributed by atoms with Crippen molar-refractivity contribution in [1.82, 2.24) is 10.2 Å². The Hall–Kier alpha value is -0.930. The fourth-order valence-electron chi connectivity index (χ4n) is 2.02. The van der Waals surface area contributed by atoms with E-state index in [0.717, 1.165) is 26.2 Å². The third-order valence-corrected chi connectivity index (χ3v) is 2.98. The highest BCUT2D eigenvalue weighted by Crippen LogP contribution is 2.17. The summed E-state index contributed by atoms with van der Waals surface area (Å²) >= 11 is 0. The van der Waals surface area contributed by atoms with Gasteiger partial charge in [0.15, 0.2) is 0 Å². The molecule has 0 saturated carbocycles. The van der Waals surface area contributed by atoms with Crippen LogP contribution in [-0.4, -0.2) is 31.1 Å². The number of piperazine rings is 1. The van der Waals surface area contributed by atoms with Crippen LogP contribution in [0.25, 0.3) is 0 Å². The zero-order valence-corrected chi connectivity index (χ0v) is 9.04. The van der Waals surface area contributed by atoms with Gasteiger partial charge in [-0.15, -0.1) is 0 Å². The van der Waals surface area contributed by atoms with Gasteiger partial charge in [-0.3, -0.25) is 0 Å². The van der Waals surface area contributed by atoms with Crippen LogP contribution in [0.5, 0.6) is 0 Å². The molecule has 0 radical (unpaired) electrons. The molecule has 1 atom stereocenters. The Morgan fingerprint density at radius 1 is 1.40 bits per heavy atom. The maximum absolute atomic E-state index is 12.8. The summed E-state index contributed by atoms with van der Waals surface area (Å²) in [5, 5.41) is 3.46. The minimum Gasteiger partial charge on any atom is -0.308 e. The lowest BCUT2D eigenvalue weighted by Crippen LogP contribution is -2.45. The van der Waals surface area contributed by atoms with Crippen LogP contribution in [0, 0.1) is 5.82 Å². The summed E-state index contributed by atoms with van der Waals surface area (Å²) in [4.78, 5) is 2.41. The summed E-state index contributed by atoms with van der Waals surface area (Å²) in [6.07, 6.45) is 0. The lowest BCUT2D eigenvalue weighted by molar-refractivity contribution is 0.210. The molecule has 0 spiro atoms. The van der Waals surface area contributed by atoms with E-state index in [1.165, 1.54) is 17.7 Å². The van der Waals surface area contributed by atoms with Gasteiger partial charge in [0, 0.05) is 25.7 Å². The maximum atomic E-state index is 12.8. The zero-order valence-electron chi connectivity index (χ0n) is 9.04. The molecule has 1 heterocycles. The summed E-state index contributed by atoms with van der Waals surface area (Å²) in [7, 11) is 0. The standard InChI is InChI=1S/C12H17FN2/c1-2-15-8-7-14-12(9-15)10-3-5-11(13)6-4-10/h3-6,12,14H,2,7-9H2,1H3/t12-/m0/s1. The first-order valence-electron chi connectivity index (χ1n) is 5.51. The number of nitrogens with zero attached hydrogens (tertiary/aromatic N) is 1. The smallest absolute Gasteiger partial charge is 0.123 e. The van der Waals surface area contributed by atoms with E-state index >= 15 is 0 Å². The van der Waals surface area contributed by atoms with Crippen LogP contribution in [0.15, 0.2) is 24.3 Å². The third-order valence-electron chi connectivity index (χ3n) is 2.98. The average molecular weight is 208 g/mol. The minimum atomic E-state index is -0.165. The van der Waals surface area contributed by atoms with Crippen LogP contribution in [0.4, 0.5) is 4.39 Å². The van der Waals surface area contributed by atoms with Gasteiger partial charge in [0.25, 0.3) is 0 Å². The quantitative estimate of drug-likeness (QED) is 0.797. The number of likely N-dealkylation sites (N-methyl/N-ethyl adjacent to an activating group) is 1. The van der Waals surface area contributed by atoms with Crippen molar-refractivity contribution >= 4 is 0 Å².